The quantitative estimate of drug-likeness (QED) is 0.823. The van der Waals surface area contributed by atoms with Crippen LogP contribution < -0.4 is 10.1 Å². The summed E-state index contributed by atoms with van der Waals surface area (Å²) in [7, 11) is 1.30. The van der Waals surface area contributed by atoms with Gasteiger partial charge in [0.2, 0.25) is 5.91 Å². The zero-order valence-electron chi connectivity index (χ0n) is 11.0. The normalized spacial score (nSPS) is 20.5. The summed E-state index contributed by atoms with van der Waals surface area (Å²) in [6, 6.07) is 6.96. The number of methoxy groups -OCH3 is 1. The van der Waals surface area contributed by atoms with E-state index in [1.54, 1.807) is 24.3 Å². The molecule has 2 rings (SSSR count). The van der Waals surface area contributed by atoms with Crippen molar-refractivity contribution in [2.75, 3.05) is 19.0 Å². The molecule has 1 aliphatic carbocycles. The maximum atomic E-state index is 11.8. The summed E-state index contributed by atoms with van der Waals surface area (Å²) in [5, 5.41) is 2.84. The van der Waals surface area contributed by atoms with E-state index in [0.29, 0.717) is 17.4 Å². The standard InChI is InChI=1S/C14H17NO4/c1-9-6-12(9)14(17)15-10-4-3-5-11(7-10)19-8-13(16)18-2/h3-5,7,9,12H,6,8H2,1-2H3,(H,15,17)/t9-,12-/m0/s1. The van der Waals surface area contributed by atoms with E-state index in [1.807, 2.05) is 0 Å². The summed E-state index contributed by atoms with van der Waals surface area (Å²) in [5.41, 5.74) is 0.673. The highest BCUT2D eigenvalue weighted by Gasteiger charge is 2.39. The maximum Gasteiger partial charge on any atom is 0.343 e. The summed E-state index contributed by atoms with van der Waals surface area (Å²) in [6.45, 7) is 1.91. The molecule has 5 heteroatoms. The van der Waals surface area contributed by atoms with Crippen LogP contribution in [0.4, 0.5) is 5.69 Å². The van der Waals surface area contributed by atoms with Crippen molar-refractivity contribution in [3.05, 3.63) is 24.3 Å². The minimum Gasteiger partial charge on any atom is -0.482 e. The lowest BCUT2D eigenvalue weighted by Crippen LogP contribution is -2.15. The molecular weight excluding hydrogens is 246 g/mol. The van der Waals surface area contributed by atoms with Gasteiger partial charge in [-0.25, -0.2) is 4.79 Å². The zero-order valence-corrected chi connectivity index (χ0v) is 11.0. The van der Waals surface area contributed by atoms with Gasteiger partial charge >= 0.3 is 5.97 Å². The number of esters is 1. The minimum absolute atomic E-state index is 0.0395. The number of anilines is 1. The highest BCUT2D eigenvalue weighted by atomic mass is 16.6. The van der Waals surface area contributed by atoms with Gasteiger partial charge in [-0.2, -0.15) is 0 Å². The summed E-state index contributed by atoms with van der Waals surface area (Å²) >= 11 is 0. The number of rotatable bonds is 5. The molecule has 0 radical (unpaired) electrons. The van der Waals surface area contributed by atoms with Crippen molar-refractivity contribution in [1.82, 2.24) is 0 Å². The number of ether oxygens (including phenoxy) is 2. The fraction of sp³-hybridized carbons (Fsp3) is 0.429. The molecule has 1 saturated carbocycles. The predicted molar refractivity (Wildman–Crippen MR) is 69.9 cm³/mol. The second-order valence-corrected chi connectivity index (χ2v) is 4.70. The van der Waals surface area contributed by atoms with Gasteiger partial charge < -0.3 is 14.8 Å². The molecule has 0 aliphatic heterocycles. The molecule has 0 unspecified atom stereocenters. The number of nitrogens with one attached hydrogen (secondary N) is 1. The van der Waals surface area contributed by atoms with Gasteiger partial charge in [0.25, 0.3) is 0 Å². The van der Waals surface area contributed by atoms with Crippen LogP contribution in [0.5, 0.6) is 5.75 Å². The van der Waals surface area contributed by atoms with Gasteiger partial charge in [-0.15, -0.1) is 0 Å². The molecule has 19 heavy (non-hydrogen) atoms. The molecule has 0 spiro atoms. The van der Waals surface area contributed by atoms with Gasteiger partial charge in [0.15, 0.2) is 6.61 Å². The Morgan fingerprint density at radius 1 is 1.42 bits per heavy atom. The van der Waals surface area contributed by atoms with Crippen molar-refractivity contribution >= 4 is 17.6 Å². The van der Waals surface area contributed by atoms with Gasteiger partial charge in [0, 0.05) is 17.7 Å². The summed E-state index contributed by atoms with van der Waals surface area (Å²) in [4.78, 5) is 22.7. The van der Waals surface area contributed by atoms with Gasteiger partial charge in [-0.05, 0) is 24.5 Å². The zero-order chi connectivity index (χ0) is 13.8. The molecule has 0 saturated heterocycles. The second kappa shape index (κ2) is 5.73. The van der Waals surface area contributed by atoms with E-state index in [0.717, 1.165) is 6.42 Å². The maximum absolute atomic E-state index is 11.8. The number of hydrogen-bond donors (Lipinski definition) is 1. The molecule has 1 aliphatic rings. The van der Waals surface area contributed by atoms with E-state index in [4.69, 9.17) is 4.74 Å². The van der Waals surface area contributed by atoms with Crippen LogP contribution in [0.25, 0.3) is 0 Å². The Labute approximate surface area is 111 Å². The molecule has 1 fully saturated rings. The van der Waals surface area contributed by atoms with Gasteiger partial charge in [0.1, 0.15) is 5.75 Å². The largest absolute Gasteiger partial charge is 0.482 e. The van der Waals surface area contributed by atoms with E-state index in [2.05, 4.69) is 17.0 Å². The summed E-state index contributed by atoms with van der Waals surface area (Å²) in [5.74, 6) is 0.712. The SMILES string of the molecule is COC(=O)COc1cccc(NC(=O)[C@H]2C[C@@H]2C)c1. The number of hydrogen-bond acceptors (Lipinski definition) is 4. The summed E-state index contributed by atoms with van der Waals surface area (Å²) < 4.78 is 9.74. The molecule has 2 atom stereocenters. The predicted octanol–water partition coefficient (Wildman–Crippen LogP) is 1.83. The first-order valence-electron chi connectivity index (χ1n) is 6.20. The van der Waals surface area contributed by atoms with Crippen LogP contribution >= 0.6 is 0 Å². The first-order valence-corrected chi connectivity index (χ1v) is 6.20. The lowest BCUT2D eigenvalue weighted by atomic mass is 10.2. The van der Waals surface area contributed by atoms with Crippen molar-refractivity contribution in [3.63, 3.8) is 0 Å². The van der Waals surface area contributed by atoms with E-state index in [1.165, 1.54) is 7.11 Å². The number of benzene rings is 1. The molecule has 1 amide bonds. The molecule has 5 nitrogen and oxygen atoms in total. The van der Waals surface area contributed by atoms with E-state index in [9.17, 15) is 9.59 Å². The van der Waals surface area contributed by atoms with Crippen LogP contribution in [0.3, 0.4) is 0 Å². The van der Waals surface area contributed by atoms with Gasteiger partial charge in [-0.3, -0.25) is 4.79 Å². The molecule has 1 aromatic carbocycles. The Balaban J connectivity index is 1.91. The topological polar surface area (TPSA) is 64.6 Å². The van der Waals surface area contributed by atoms with E-state index < -0.39 is 5.97 Å². The monoisotopic (exact) mass is 263 g/mol. The van der Waals surface area contributed by atoms with Crippen LogP contribution in [-0.4, -0.2) is 25.6 Å². The fourth-order valence-electron chi connectivity index (χ4n) is 1.79. The Bertz CT molecular complexity index is 486. The van der Waals surface area contributed by atoms with Crippen LogP contribution in [0.2, 0.25) is 0 Å². The number of carbonyl (C=O) groups is 2. The third-order valence-electron chi connectivity index (χ3n) is 3.13. The number of carbonyl (C=O) groups excluding carboxylic acids is 2. The molecule has 1 N–H and O–H groups in total. The van der Waals surface area contributed by atoms with Crippen molar-refractivity contribution < 1.29 is 19.1 Å². The Morgan fingerprint density at radius 3 is 2.79 bits per heavy atom. The first kappa shape index (κ1) is 13.4. The van der Waals surface area contributed by atoms with Crippen molar-refractivity contribution in [2.24, 2.45) is 11.8 Å². The van der Waals surface area contributed by atoms with Crippen molar-refractivity contribution in [2.45, 2.75) is 13.3 Å². The fourth-order valence-corrected chi connectivity index (χ4v) is 1.79. The molecule has 0 heterocycles. The molecule has 1 aromatic rings. The van der Waals surface area contributed by atoms with Crippen LogP contribution in [0.15, 0.2) is 24.3 Å². The highest BCUT2D eigenvalue weighted by Crippen LogP contribution is 2.38. The summed E-state index contributed by atoms with van der Waals surface area (Å²) in [6.07, 6.45) is 0.949. The molecule has 102 valence electrons. The average Bonchev–Trinajstić information content (AvgIpc) is 3.13. The highest BCUT2D eigenvalue weighted by molar-refractivity contribution is 5.94. The lowest BCUT2D eigenvalue weighted by Gasteiger charge is -2.08. The minimum atomic E-state index is -0.443. The Morgan fingerprint density at radius 2 is 2.16 bits per heavy atom. The third kappa shape index (κ3) is 3.71. The van der Waals surface area contributed by atoms with Crippen molar-refractivity contribution in [3.8, 4) is 5.75 Å². The Hall–Kier alpha value is -2.04. The second-order valence-electron chi connectivity index (χ2n) is 4.70. The van der Waals surface area contributed by atoms with Crippen molar-refractivity contribution in [1.29, 1.82) is 0 Å². The van der Waals surface area contributed by atoms with Crippen LogP contribution in [0, 0.1) is 11.8 Å². The van der Waals surface area contributed by atoms with E-state index in [-0.39, 0.29) is 18.4 Å². The first-order chi connectivity index (χ1) is 9.10. The van der Waals surface area contributed by atoms with Crippen LogP contribution in [-0.2, 0) is 14.3 Å². The molecule has 0 bridgehead atoms. The molecular formula is C14H17NO4. The van der Waals surface area contributed by atoms with Gasteiger partial charge in [0.05, 0.1) is 7.11 Å². The van der Waals surface area contributed by atoms with Gasteiger partial charge in [-0.1, -0.05) is 13.0 Å². The van der Waals surface area contributed by atoms with Crippen LogP contribution in [0.1, 0.15) is 13.3 Å². The smallest absolute Gasteiger partial charge is 0.343 e. The Kier molecular flexibility index (Phi) is 4.04. The van der Waals surface area contributed by atoms with E-state index >= 15 is 0 Å². The number of amides is 1. The third-order valence-corrected chi connectivity index (χ3v) is 3.13. The molecule has 0 aromatic heterocycles. The lowest BCUT2D eigenvalue weighted by molar-refractivity contribution is -0.142. The average molecular weight is 263 g/mol.